The number of carbonyl (C=O) groups excluding carboxylic acids is 1. The summed E-state index contributed by atoms with van der Waals surface area (Å²) in [6.07, 6.45) is 0. The molecule has 112 valence electrons. The van der Waals surface area contributed by atoms with Gasteiger partial charge in [-0.2, -0.15) is 4.98 Å². The fraction of sp³-hybridized carbons (Fsp3) is 0.438. The molecule has 1 heterocycles. The third kappa shape index (κ3) is 3.73. The molecule has 21 heavy (non-hydrogen) atoms. The van der Waals surface area contributed by atoms with Crippen LogP contribution in [0, 0.1) is 5.92 Å². The van der Waals surface area contributed by atoms with Gasteiger partial charge in [0.15, 0.2) is 0 Å². The van der Waals surface area contributed by atoms with Crippen molar-refractivity contribution < 1.29 is 9.32 Å². The number of thioether (sulfide) groups is 1. The zero-order chi connectivity index (χ0) is 15.4. The summed E-state index contributed by atoms with van der Waals surface area (Å²) in [6, 6.07) is 8.05. The lowest BCUT2D eigenvalue weighted by atomic mass is 9.92. The van der Waals surface area contributed by atoms with E-state index in [1.54, 1.807) is 18.7 Å². The highest BCUT2D eigenvalue weighted by Gasteiger charge is 2.27. The van der Waals surface area contributed by atoms with Gasteiger partial charge in [0.1, 0.15) is 5.78 Å². The fourth-order valence-corrected chi connectivity index (χ4v) is 2.94. The fourth-order valence-electron chi connectivity index (χ4n) is 2.27. The van der Waals surface area contributed by atoms with Crippen molar-refractivity contribution in [3.63, 3.8) is 0 Å². The Hall–Kier alpha value is -1.62. The van der Waals surface area contributed by atoms with Gasteiger partial charge >= 0.3 is 0 Å². The molecule has 5 heteroatoms. The van der Waals surface area contributed by atoms with Gasteiger partial charge in [-0.1, -0.05) is 25.9 Å². The van der Waals surface area contributed by atoms with E-state index in [1.807, 2.05) is 38.1 Å². The molecule has 4 nitrogen and oxygen atoms in total. The van der Waals surface area contributed by atoms with Crippen LogP contribution >= 0.6 is 11.8 Å². The first-order chi connectivity index (χ1) is 10.0. The van der Waals surface area contributed by atoms with Crippen LogP contribution in [0.25, 0.3) is 11.4 Å². The van der Waals surface area contributed by atoms with Crippen LogP contribution in [-0.2, 0) is 4.79 Å². The van der Waals surface area contributed by atoms with Gasteiger partial charge in [-0.3, -0.25) is 4.79 Å². The normalized spacial score (nSPS) is 12.6. The second-order valence-electron chi connectivity index (χ2n) is 5.25. The van der Waals surface area contributed by atoms with E-state index in [-0.39, 0.29) is 17.6 Å². The topological polar surface area (TPSA) is 56.0 Å². The van der Waals surface area contributed by atoms with Crippen LogP contribution in [0.2, 0.25) is 0 Å². The summed E-state index contributed by atoms with van der Waals surface area (Å²) in [5.74, 6) is 1.83. The Morgan fingerprint density at radius 2 is 1.95 bits per heavy atom. The molecule has 0 spiro atoms. The maximum Gasteiger partial charge on any atom is 0.237 e. The number of hydrogen-bond donors (Lipinski definition) is 0. The lowest BCUT2D eigenvalue weighted by Gasteiger charge is -2.12. The van der Waals surface area contributed by atoms with Gasteiger partial charge < -0.3 is 4.52 Å². The van der Waals surface area contributed by atoms with Gasteiger partial charge in [-0.05, 0) is 42.9 Å². The predicted molar refractivity (Wildman–Crippen MR) is 84.4 cm³/mol. The van der Waals surface area contributed by atoms with Crippen LogP contribution in [0.1, 0.15) is 39.5 Å². The number of rotatable bonds is 6. The van der Waals surface area contributed by atoms with Crippen LogP contribution in [0.4, 0.5) is 0 Å². The minimum absolute atomic E-state index is 0.0508. The Morgan fingerprint density at radius 3 is 2.48 bits per heavy atom. The Morgan fingerprint density at radius 1 is 1.29 bits per heavy atom. The zero-order valence-corrected chi connectivity index (χ0v) is 13.6. The number of carbonyl (C=O) groups is 1. The van der Waals surface area contributed by atoms with E-state index < -0.39 is 0 Å². The van der Waals surface area contributed by atoms with Crippen molar-refractivity contribution in [3.8, 4) is 11.4 Å². The Bertz CT molecular complexity index is 605. The van der Waals surface area contributed by atoms with Crippen molar-refractivity contribution in [2.45, 2.75) is 38.5 Å². The maximum absolute atomic E-state index is 11.7. The van der Waals surface area contributed by atoms with Crippen molar-refractivity contribution in [1.29, 1.82) is 0 Å². The molecule has 1 aromatic carbocycles. The van der Waals surface area contributed by atoms with Gasteiger partial charge in [0.25, 0.3) is 0 Å². The number of Topliss-reactive ketones (excluding diaryl/α,β-unsaturated/α-hetero) is 1. The third-order valence-corrected chi connectivity index (χ3v) is 4.13. The molecule has 0 saturated carbocycles. The minimum atomic E-state index is -0.332. The molecule has 1 aromatic heterocycles. The molecule has 1 unspecified atom stereocenters. The first-order valence-corrected chi connectivity index (χ1v) is 8.08. The van der Waals surface area contributed by atoms with Crippen LogP contribution < -0.4 is 0 Å². The lowest BCUT2D eigenvalue weighted by Crippen LogP contribution is -2.15. The molecule has 0 N–H and O–H groups in total. The third-order valence-electron chi connectivity index (χ3n) is 3.24. The van der Waals surface area contributed by atoms with E-state index in [4.69, 9.17) is 4.52 Å². The molecule has 2 rings (SSSR count). The van der Waals surface area contributed by atoms with Crippen LogP contribution in [-0.4, -0.2) is 21.7 Å². The summed E-state index contributed by atoms with van der Waals surface area (Å²) >= 11 is 1.79. The largest absolute Gasteiger partial charge is 0.338 e. The first-order valence-electron chi connectivity index (χ1n) is 7.10. The molecule has 0 aliphatic rings. The van der Waals surface area contributed by atoms with Gasteiger partial charge in [0, 0.05) is 10.5 Å². The lowest BCUT2D eigenvalue weighted by molar-refractivity contribution is -0.119. The molecule has 2 aromatic rings. The van der Waals surface area contributed by atoms with E-state index in [2.05, 4.69) is 17.1 Å². The average molecular weight is 304 g/mol. The molecule has 0 bridgehead atoms. The SMILES string of the molecule is CCSc1ccc(-c2noc(C(C(C)=O)C(C)C)n2)cc1. The quantitative estimate of drug-likeness (QED) is 0.749. The Kier molecular flexibility index (Phi) is 5.17. The van der Waals surface area contributed by atoms with Gasteiger partial charge in [-0.25, -0.2) is 0 Å². The molecule has 0 aliphatic heterocycles. The first kappa shape index (κ1) is 15.8. The maximum atomic E-state index is 11.7. The van der Waals surface area contributed by atoms with E-state index in [0.29, 0.717) is 11.7 Å². The number of ketones is 1. The minimum Gasteiger partial charge on any atom is -0.338 e. The van der Waals surface area contributed by atoms with Crippen molar-refractivity contribution in [2.75, 3.05) is 5.75 Å². The summed E-state index contributed by atoms with van der Waals surface area (Å²) < 4.78 is 5.29. The Balaban J connectivity index is 2.24. The Labute approximate surface area is 129 Å². The summed E-state index contributed by atoms with van der Waals surface area (Å²) in [5, 5.41) is 4.00. The number of benzene rings is 1. The molecule has 0 radical (unpaired) electrons. The van der Waals surface area contributed by atoms with Crippen molar-refractivity contribution in [2.24, 2.45) is 5.92 Å². The van der Waals surface area contributed by atoms with Crippen LogP contribution in [0.5, 0.6) is 0 Å². The summed E-state index contributed by atoms with van der Waals surface area (Å²) in [4.78, 5) is 17.3. The van der Waals surface area contributed by atoms with Crippen LogP contribution in [0.15, 0.2) is 33.7 Å². The van der Waals surface area contributed by atoms with Gasteiger partial charge in [0.2, 0.25) is 11.7 Å². The van der Waals surface area contributed by atoms with Gasteiger partial charge in [-0.15, -0.1) is 11.8 Å². The van der Waals surface area contributed by atoms with Crippen molar-refractivity contribution in [1.82, 2.24) is 10.1 Å². The summed E-state index contributed by atoms with van der Waals surface area (Å²) in [5.41, 5.74) is 0.900. The molecular weight excluding hydrogens is 284 g/mol. The highest BCUT2D eigenvalue weighted by molar-refractivity contribution is 7.99. The van der Waals surface area contributed by atoms with E-state index in [9.17, 15) is 4.79 Å². The predicted octanol–water partition coefficient (Wildman–Crippen LogP) is 4.18. The van der Waals surface area contributed by atoms with E-state index in [0.717, 1.165) is 11.3 Å². The van der Waals surface area contributed by atoms with Crippen molar-refractivity contribution in [3.05, 3.63) is 30.2 Å². The number of aromatic nitrogens is 2. The molecule has 0 saturated heterocycles. The number of hydrogen-bond acceptors (Lipinski definition) is 5. The second kappa shape index (κ2) is 6.89. The van der Waals surface area contributed by atoms with Crippen LogP contribution in [0.3, 0.4) is 0 Å². The van der Waals surface area contributed by atoms with Crippen molar-refractivity contribution >= 4 is 17.5 Å². The second-order valence-corrected chi connectivity index (χ2v) is 6.58. The van der Waals surface area contributed by atoms with Gasteiger partial charge in [0.05, 0.1) is 5.92 Å². The summed E-state index contributed by atoms with van der Waals surface area (Å²) in [7, 11) is 0. The highest BCUT2D eigenvalue weighted by atomic mass is 32.2. The standard InChI is InChI=1S/C16H20N2O2S/c1-5-21-13-8-6-12(7-9-13)15-17-16(20-18-15)14(10(2)3)11(4)19/h6-10,14H,5H2,1-4H3. The zero-order valence-electron chi connectivity index (χ0n) is 12.8. The molecule has 0 aliphatic carbocycles. The monoisotopic (exact) mass is 304 g/mol. The highest BCUT2D eigenvalue weighted by Crippen LogP contribution is 2.27. The van der Waals surface area contributed by atoms with E-state index >= 15 is 0 Å². The van der Waals surface area contributed by atoms with E-state index in [1.165, 1.54) is 4.90 Å². The summed E-state index contributed by atoms with van der Waals surface area (Å²) in [6.45, 7) is 7.64. The molecule has 0 amide bonds. The smallest absolute Gasteiger partial charge is 0.237 e. The molecular formula is C16H20N2O2S. The number of nitrogens with zero attached hydrogens (tertiary/aromatic N) is 2. The molecule has 0 fully saturated rings. The molecule has 1 atom stereocenters. The average Bonchev–Trinajstić information content (AvgIpc) is 2.88.